The summed E-state index contributed by atoms with van der Waals surface area (Å²) in [4.78, 5) is 35.4. The monoisotopic (exact) mass is 583 g/mol. The molecule has 1 amide bonds. The van der Waals surface area contributed by atoms with Crippen molar-refractivity contribution in [2.24, 2.45) is 0 Å². The summed E-state index contributed by atoms with van der Waals surface area (Å²) in [5.74, 6) is -1.91. The lowest BCUT2D eigenvalue weighted by Crippen LogP contribution is -2.29. The molecular weight excluding hydrogens is 562 g/mol. The Hall–Kier alpha value is -3.98. The summed E-state index contributed by atoms with van der Waals surface area (Å²) in [5, 5.41) is 6.48. The van der Waals surface area contributed by atoms with Gasteiger partial charge in [-0.05, 0) is 12.1 Å². The van der Waals surface area contributed by atoms with Crippen LogP contribution in [0.25, 0.3) is 0 Å². The summed E-state index contributed by atoms with van der Waals surface area (Å²) in [6.07, 6.45) is -6.46. The molecule has 11 nitrogen and oxygen atoms in total. The largest absolute Gasteiger partial charge is 0.467 e. The zero-order valence-electron chi connectivity index (χ0n) is 21.1. The molecule has 0 radical (unpaired) electrons. The van der Waals surface area contributed by atoms with Gasteiger partial charge in [-0.1, -0.05) is 11.6 Å². The number of nitrogens with one attached hydrogen (secondary N) is 1. The van der Waals surface area contributed by atoms with Crippen LogP contribution in [0.5, 0.6) is 6.01 Å². The van der Waals surface area contributed by atoms with E-state index in [2.05, 4.69) is 20.4 Å². The molecule has 212 valence electrons. The molecule has 16 heteroatoms. The van der Waals surface area contributed by atoms with Crippen molar-refractivity contribution in [3.05, 3.63) is 56.7 Å². The number of aromatic nitrogens is 4. The van der Waals surface area contributed by atoms with Crippen molar-refractivity contribution in [3.63, 3.8) is 0 Å². The third kappa shape index (κ3) is 4.68. The van der Waals surface area contributed by atoms with Crippen LogP contribution in [0.3, 0.4) is 0 Å². The van der Waals surface area contributed by atoms with Gasteiger partial charge in [-0.2, -0.15) is 28.2 Å². The number of nitrogens with two attached hydrogens (primary N) is 1. The fourth-order valence-electron chi connectivity index (χ4n) is 4.76. The van der Waals surface area contributed by atoms with Gasteiger partial charge in [0.05, 0.1) is 54.0 Å². The first-order chi connectivity index (χ1) is 18.9. The highest BCUT2D eigenvalue weighted by Crippen LogP contribution is 2.43. The Morgan fingerprint density at radius 2 is 2.05 bits per heavy atom. The summed E-state index contributed by atoms with van der Waals surface area (Å²) >= 11 is 6.43. The Morgan fingerprint density at radius 3 is 2.73 bits per heavy atom. The van der Waals surface area contributed by atoms with Crippen molar-refractivity contribution in [2.75, 3.05) is 31.3 Å². The van der Waals surface area contributed by atoms with E-state index < -0.39 is 46.7 Å². The van der Waals surface area contributed by atoms with E-state index in [-0.39, 0.29) is 66.5 Å². The smallest absolute Gasteiger partial charge is 0.416 e. The van der Waals surface area contributed by atoms with Gasteiger partial charge in [0.25, 0.3) is 5.91 Å². The predicted octanol–water partition coefficient (Wildman–Crippen LogP) is 3.30. The molecule has 0 fully saturated rings. The Bertz CT molecular complexity index is 1530. The third-order valence-electron chi connectivity index (χ3n) is 6.71. The zero-order chi connectivity index (χ0) is 28.9. The van der Waals surface area contributed by atoms with E-state index in [0.717, 1.165) is 10.7 Å². The molecule has 2 aliphatic rings. The van der Waals surface area contributed by atoms with Gasteiger partial charge >= 0.3 is 12.2 Å². The normalized spacial score (nSPS) is 17.2. The quantitative estimate of drug-likeness (QED) is 0.350. The SMILES string of the molecule is CNC(=O)c1nn2c(c1Cl)CN(c1nc(OC)nc3c1COC(c1c(C(F)(F)F)ccc(N)c1F)C3)CCC2=O. The van der Waals surface area contributed by atoms with Crippen LogP contribution in [0.15, 0.2) is 12.1 Å². The minimum atomic E-state index is -4.85. The van der Waals surface area contributed by atoms with Crippen molar-refractivity contribution in [2.45, 2.75) is 38.3 Å². The average Bonchev–Trinajstić information content (AvgIpc) is 3.15. The molecule has 5 rings (SSSR count). The maximum absolute atomic E-state index is 15.0. The summed E-state index contributed by atoms with van der Waals surface area (Å²) in [6, 6.07) is 1.47. The second kappa shape index (κ2) is 10.2. The standard InChI is InChI=1S/C24H22ClF4N7O4/c1-31-22(38)20-18(25)14-8-35(6-5-16(37)36(14)34-20)21-10-9-40-15(7-13(10)32-23(33-21)39-2)17-11(24(27,28)29)3-4-12(30)19(17)26/h3-4,15H,5-9,30H2,1-2H3,(H,31,38). The zero-order valence-corrected chi connectivity index (χ0v) is 21.9. The van der Waals surface area contributed by atoms with Crippen molar-refractivity contribution < 1.29 is 36.6 Å². The fraction of sp³-hybridized carbons (Fsp3) is 0.375. The van der Waals surface area contributed by atoms with Gasteiger partial charge in [-0.15, -0.1) is 0 Å². The topological polar surface area (TPSA) is 137 Å². The number of carbonyl (C=O) groups is 2. The molecule has 2 aliphatic heterocycles. The number of nitrogen functional groups attached to an aromatic ring is 1. The molecule has 1 atom stereocenters. The van der Waals surface area contributed by atoms with Gasteiger partial charge in [-0.25, -0.2) is 9.07 Å². The number of amides is 1. The number of benzene rings is 1. The molecule has 3 N–H and O–H groups in total. The van der Waals surface area contributed by atoms with Crippen LogP contribution in [0.1, 0.15) is 55.9 Å². The van der Waals surface area contributed by atoms with Gasteiger partial charge in [-0.3, -0.25) is 9.59 Å². The van der Waals surface area contributed by atoms with Crippen molar-refractivity contribution in [1.82, 2.24) is 25.1 Å². The van der Waals surface area contributed by atoms with Crippen molar-refractivity contribution >= 4 is 34.9 Å². The summed E-state index contributed by atoms with van der Waals surface area (Å²) in [5.41, 5.74) is 4.05. The second-order valence-corrected chi connectivity index (χ2v) is 9.43. The third-order valence-corrected chi connectivity index (χ3v) is 7.11. The number of ether oxygens (including phenoxy) is 2. The highest BCUT2D eigenvalue weighted by molar-refractivity contribution is 6.34. The van der Waals surface area contributed by atoms with Crippen LogP contribution in [-0.2, 0) is 30.5 Å². The van der Waals surface area contributed by atoms with Crippen LogP contribution < -0.4 is 20.7 Å². The van der Waals surface area contributed by atoms with Crippen LogP contribution in [0.4, 0.5) is 29.1 Å². The van der Waals surface area contributed by atoms with E-state index in [9.17, 15) is 27.2 Å². The number of carbonyl (C=O) groups excluding carboxylic acids is 2. The molecule has 40 heavy (non-hydrogen) atoms. The molecule has 0 aliphatic carbocycles. The van der Waals surface area contributed by atoms with Crippen LogP contribution in [-0.4, -0.2) is 52.3 Å². The van der Waals surface area contributed by atoms with Crippen molar-refractivity contribution in [1.29, 1.82) is 0 Å². The van der Waals surface area contributed by atoms with Gasteiger partial charge in [0.2, 0.25) is 5.91 Å². The maximum atomic E-state index is 15.0. The summed E-state index contributed by atoms with van der Waals surface area (Å²) in [6.45, 7) is -0.107. The molecule has 0 saturated heterocycles. The van der Waals surface area contributed by atoms with E-state index in [1.807, 2.05) is 0 Å². The Balaban J connectivity index is 1.56. The van der Waals surface area contributed by atoms with E-state index in [0.29, 0.717) is 11.6 Å². The van der Waals surface area contributed by atoms with E-state index in [1.165, 1.54) is 14.2 Å². The van der Waals surface area contributed by atoms with Crippen LogP contribution in [0.2, 0.25) is 5.02 Å². The van der Waals surface area contributed by atoms with E-state index >= 15 is 0 Å². The number of hydrogen-bond acceptors (Lipinski definition) is 9. The molecule has 0 saturated carbocycles. The number of rotatable bonds is 4. The molecular formula is C24H22ClF4N7O4. The second-order valence-electron chi connectivity index (χ2n) is 9.06. The Labute approximate surface area is 229 Å². The number of alkyl halides is 3. The van der Waals surface area contributed by atoms with Gasteiger partial charge < -0.3 is 25.4 Å². The first-order valence-electron chi connectivity index (χ1n) is 11.9. The molecule has 0 bridgehead atoms. The lowest BCUT2D eigenvalue weighted by atomic mass is 9.94. The summed E-state index contributed by atoms with van der Waals surface area (Å²) in [7, 11) is 2.71. The lowest BCUT2D eigenvalue weighted by molar-refractivity contribution is -0.140. The number of hydrogen-bond donors (Lipinski definition) is 2. The molecule has 3 aromatic rings. The number of halogens is 5. The molecule has 0 spiro atoms. The molecule has 1 unspecified atom stereocenters. The molecule has 2 aromatic heterocycles. The average molecular weight is 584 g/mol. The molecule has 4 heterocycles. The summed E-state index contributed by atoms with van der Waals surface area (Å²) < 4.78 is 68.3. The Kier molecular flexibility index (Phi) is 7.04. The number of anilines is 2. The number of nitrogens with zero attached hydrogens (tertiary/aromatic N) is 5. The van der Waals surface area contributed by atoms with E-state index in [4.69, 9.17) is 26.8 Å². The maximum Gasteiger partial charge on any atom is 0.416 e. The van der Waals surface area contributed by atoms with Gasteiger partial charge in [0.1, 0.15) is 5.82 Å². The first-order valence-corrected chi connectivity index (χ1v) is 12.3. The predicted molar refractivity (Wildman–Crippen MR) is 133 cm³/mol. The van der Waals surface area contributed by atoms with Crippen molar-refractivity contribution in [3.8, 4) is 6.01 Å². The fourth-order valence-corrected chi connectivity index (χ4v) is 5.02. The minimum Gasteiger partial charge on any atom is -0.467 e. The Morgan fingerprint density at radius 1 is 1.30 bits per heavy atom. The van der Waals surface area contributed by atoms with Gasteiger partial charge in [0, 0.05) is 37.6 Å². The lowest BCUT2D eigenvalue weighted by Gasteiger charge is -2.31. The number of fused-ring (bicyclic) bond motifs is 2. The number of methoxy groups -OCH3 is 1. The molecule has 1 aromatic carbocycles. The van der Waals surface area contributed by atoms with E-state index in [1.54, 1.807) is 4.90 Å². The van der Waals surface area contributed by atoms with Gasteiger partial charge in [0.15, 0.2) is 11.5 Å². The highest BCUT2D eigenvalue weighted by Gasteiger charge is 2.40. The van der Waals surface area contributed by atoms with Crippen LogP contribution >= 0.6 is 11.6 Å². The first kappa shape index (κ1) is 27.6. The van der Waals surface area contributed by atoms with Crippen LogP contribution in [0, 0.1) is 5.82 Å². The minimum absolute atomic E-state index is 0.00662. The highest BCUT2D eigenvalue weighted by atomic mass is 35.5.